The summed E-state index contributed by atoms with van der Waals surface area (Å²) in [6.07, 6.45) is 0. The van der Waals surface area contributed by atoms with Crippen LogP contribution in [0.1, 0.15) is 5.56 Å². The first-order chi connectivity index (χ1) is 12.4. The third-order valence-corrected chi connectivity index (χ3v) is 4.13. The second-order valence-electron chi connectivity index (χ2n) is 6.07. The molecule has 6 heteroatoms. The maximum Gasteiger partial charge on any atom is 0.158 e. The lowest BCUT2D eigenvalue weighted by molar-refractivity contribution is 0.404. The highest BCUT2D eigenvalue weighted by molar-refractivity contribution is 5.81. The number of pyridine rings is 1. The van der Waals surface area contributed by atoms with E-state index in [0.29, 0.717) is 16.8 Å². The Bertz CT molecular complexity index is 1010. The normalized spacial score (nSPS) is 10.3. The zero-order valence-electron chi connectivity index (χ0n) is 14.4. The summed E-state index contributed by atoms with van der Waals surface area (Å²) >= 11 is 0. The Morgan fingerprint density at radius 3 is 2.19 bits per heavy atom. The van der Waals surface area contributed by atoms with Crippen LogP contribution in [-0.2, 0) is 0 Å². The molecule has 0 fully saturated rings. The lowest BCUT2D eigenvalue weighted by Gasteiger charge is -2.14. The number of hydrogen-bond acceptors (Lipinski definition) is 6. The third kappa shape index (κ3) is 3.10. The lowest BCUT2D eigenvalue weighted by atomic mass is 9.98. The molecule has 3 aromatic rings. The molecule has 0 atom stereocenters. The molecule has 0 saturated carbocycles. The fraction of sp³-hybridized carbons (Fsp3) is 0.100. The minimum atomic E-state index is -0.265. The summed E-state index contributed by atoms with van der Waals surface area (Å²) in [6, 6.07) is 16.0. The summed E-state index contributed by atoms with van der Waals surface area (Å²) in [4.78, 5) is 6.34. The zero-order valence-corrected chi connectivity index (χ0v) is 14.4. The predicted octanol–water partition coefficient (Wildman–Crippen LogP) is 3.35. The van der Waals surface area contributed by atoms with E-state index in [1.807, 2.05) is 43.3 Å². The molecular weight excluding hydrogens is 328 g/mol. The van der Waals surface area contributed by atoms with Gasteiger partial charge in [-0.2, -0.15) is 5.26 Å². The molecule has 0 bridgehead atoms. The Labute approximate surface area is 151 Å². The second-order valence-corrected chi connectivity index (χ2v) is 6.07. The summed E-state index contributed by atoms with van der Waals surface area (Å²) in [7, 11) is 3.92. The van der Waals surface area contributed by atoms with Crippen LogP contribution in [-0.4, -0.2) is 29.3 Å². The maximum atomic E-state index is 9.78. The number of anilines is 2. The monoisotopic (exact) mass is 346 g/mol. The van der Waals surface area contributed by atoms with E-state index >= 15 is 0 Å². The van der Waals surface area contributed by atoms with Crippen LogP contribution in [0, 0.1) is 11.3 Å². The Kier molecular flexibility index (Phi) is 4.38. The van der Waals surface area contributed by atoms with Crippen molar-refractivity contribution in [1.82, 2.24) is 4.98 Å². The van der Waals surface area contributed by atoms with E-state index in [-0.39, 0.29) is 22.9 Å². The zero-order chi connectivity index (χ0) is 18.8. The van der Waals surface area contributed by atoms with Crippen LogP contribution in [0.25, 0.3) is 22.4 Å². The quantitative estimate of drug-likeness (QED) is 0.628. The van der Waals surface area contributed by atoms with Gasteiger partial charge in [-0.3, -0.25) is 0 Å². The number of phenols is 2. The highest BCUT2D eigenvalue weighted by Gasteiger charge is 2.15. The Balaban J connectivity index is 2.16. The van der Waals surface area contributed by atoms with Gasteiger partial charge in [-0.05, 0) is 35.9 Å². The minimum absolute atomic E-state index is 0.115. The van der Waals surface area contributed by atoms with Crippen molar-refractivity contribution in [2.24, 2.45) is 0 Å². The van der Waals surface area contributed by atoms with Crippen LogP contribution in [0.2, 0.25) is 0 Å². The summed E-state index contributed by atoms with van der Waals surface area (Å²) in [6.45, 7) is 0. The van der Waals surface area contributed by atoms with E-state index < -0.39 is 0 Å². The van der Waals surface area contributed by atoms with Crippen molar-refractivity contribution < 1.29 is 10.2 Å². The van der Waals surface area contributed by atoms with Crippen LogP contribution >= 0.6 is 0 Å². The Hall–Kier alpha value is -3.72. The second kappa shape index (κ2) is 6.65. The van der Waals surface area contributed by atoms with Crippen LogP contribution in [0.5, 0.6) is 11.5 Å². The van der Waals surface area contributed by atoms with Crippen LogP contribution in [0.4, 0.5) is 11.5 Å². The van der Waals surface area contributed by atoms with Gasteiger partial charge < -0.3 is 20.8 Å². The molecule has 4 N–H and O–H groups in total. The van der Waals surface area contributed by atoms with Gasteiger partial charge in [0.05, 0.1) is 5.69 Å². The highest BCUT2D eigenvalue weighted by atomic mass is 16.3. The van der Waals surface area contributed by atoms with Gasteiger partial charge in [0.1, 0.15) is 17.5 Å². The van der Waals surface area contributed by atoms with Gasteiger partial charge in [-0.1, -0.05) is 18.2 Å². The molecule has 26 heavy (non-hydrogen) atoms. The fourth-order valence-corrected chi connectivity index (χ4v) is 2.68. The molecule has 0 spiro atoms. The molecule has 130 valence electrons. The Morgan fingerprint density at radius 1 is 0.962 bits per heavy atom. The number of nitriles is 1. The molecule has 1 heterocycles. The predicted molar refractivity (Wildman–Crippen MR) is 102 cm³/mol. The van der Waals surface area contributed by atoms with Crippen molar-refractivity contribution in [3.05, 3.63) is 54.1 Å². The van der Waals surface area contributed by atoms with Gasteiger partial charge in [0, 0.05) is 30.9 Å². The molecule has 1 aromatic heterocycles. The molecule has 0 amide bonds. The first-order valence-corrected chi connectivity index (χ1v) is 7.91. The smallest absolute Gasteiger partial charge is 0.158 e. The SMILES string of the molecule is CN(C)c1ccc(-c2cc(-c3ccc(O)c(O)c3)c(C#N)c(N)n2)cc1. The number of nitrogen functional groups attached to an aromatic ring is 1. The summed E-state index contributed by atoms with van der Waals surface area (Å²) in [5.41, 5.74) is 9.87. The number of phenolic OH excluding ortho intramolecular Hbond substituents is 2. The third-order valence-electron chi connectivity index (χ3n) is 4.13. The maximum absolute atomic E-state index is 9.78. The molecule has 3 rings (SSSR count). The molecule has 0 aliphatic carbocycles. The van der Waals surface area contributed by atoms with Gasteiger partial charge in [0.2, 0.25) is 0 Å². The van der Waals surface area contributed by atoms with Crippen LogP contribution in [0.15, 0.2) is 48.5 Å². The number of rotatable bonds is 3. The van der Waals surface area contributed by atoms with Crippen molar-refractivity contribution in [1.29, 1.82) is 5.26 Å². The van der Waals surface area contributed by atoms with Crippen molar-refractivity contribution in [2.75, 3.05) is 24.7 Å². The summed E-state index contributed by atoms with van der Waals surface area (Å²) in [5.74, 6) is -0.378. The summed E-state index contributed by atoms with van der Waals surface area (Å²) < 4.78 is 0. The number of nitrogens with zero attached hydrogens (tertiary/aromatic N) is 3. The molecule has 0 unspecified atom stereocenters. The fourth-order valence-electron chi connectivity index (χ4n) is 2.68. The van der Waals surface area contributed by atoms with Crippen molar-refractivity contribution in [3.8, 4) is 40.0 Å². The number of benzene rings is 2. The molecule has 6 nitrogen and oxygen atoms in total. The molecule has 2 aromatic carbocycles. The Morgan fingerprint density at radius 2 is 1.62 bits per heavy atom. The van der Waals surface area contributed by atoms with Gasteiger partial charge in [0.25, 0.3) is 0 Å². The lowest BCUT2D eigenvalue weighted by Crippen LogP contribution is -2.08. The van der Waals surface area contributed by atoms with Gasteiger partial charge in [-0.15, -0.1) is 0 Å². The largest absolute Gasteiger partial charge is 0.504 e. The average Bonchev–Trinajstić information content (AvgIpc) is 2.63. The van der Waals surface area contributed by atoms with Crippen LogP contribution in [0.3, 0.4) is 0 Å². The van der Waals surface area contributed by atoms with Gasteiger partial charge in [-0.25, -0.2) is 4.98 Å². The highest BCUT2D eigenvalue weighted by Crippen LogP contribution is 2.35. The van der Waals surface area contributed by atoms with E-state index in [2.05, 4.69) is 11.1 Å². The topological polar surface area (TPSA) is 106 Å². The number of nitrogens with two attached hydrogens (primary N) is 1. The molecule has 0 saturated heterocycles. The number of aromatic hydroxyl groups is 2. The molecule has 0 aliphatic rings. The molecule has 0 aliphatic heterocycles. The first kappa shape index (κ1) is 17.1. The van der Waals surface area contributed by atoms with E-state index in [0.717, 1.165) is 11.3 Å². The van der Waals surface area contributed by atoms with E-state index in [9.17, 15) is 15.5 Å². The standard InChI is InChI=1S/C20H18N4O2/c1-24(2)14-6-3-12(4-7-14)17-10-15(16(11-21)20(22)23-17)13-5-8-18(25)19(26)9-13/h3-10,25-26H,1-2H3,(H2,22,23). The van der Waals surface area contributed by atoms with E-state index in [1.165, 1.54) is 12.1 Å². The van der Waals surface area contributed by atoms with Gasteiger partial charge in [0.15, 0.2) is 11.5 Å². The van der Waals surface area contributed by atoms with Crippen LogP contribution < -0.4 is 10.6 Å². The van der Waals surface area contributed by atoms with E-state index in [4.69, 9.17) is 5.73 Å². The number of hydrogen-bond donors (Lipinski definition) is 3. The van der Waals surface area contributed by atoms with Crippen molar-refractivity contribution >= 4 is 11.5 Å². The number of aromatic nitrogens is 1. The van der Waals surface area contributed by atoms with Crippen molar-refractivity contribution in [2.45, 2.75) is 0 Å². The molecular formula is C20H18N4O2. The summed E-state index contributed by atoms with van der Waals surface area (Å²) in [5, 5.41) is 28.8. The van der Waals surface area contributed by atoms with E-state index in [1.54, 1.807) is 12.1 Å². The van der Waals surface area contributed by atoms with Crippen molar-refractivity contribution in [3.63, 3.8) is 0 Å². The van der Waals surface area contributed by atoms with Gasteiger partial charge >= 0.3 is 0 Å². The average molecular weight is 346 g/mol. The minimum Gasteiger partial charge on any atom is -0.504 e. The molecule has 0 radical (unpaired) electrons. The first-order valence-electron chi connectivity index (χ1n) is 7.91.